The number of phenols is 1. The van der Waals surface area contributed by atoms with E-state index in [1.54, 1.807) is 24.3 Å². The average Bonchev–Trinajstić information content (AvgIpc) is 2.25. The zero-order chi connectivity index (χ0) is 11.5. The minimum atomic E-state index is -0.414. The minimum Gasteiger partial charge on any atom is -0.507 e. The second-order valence-electron chi connectivity index (χ2n) is 3.01. The molecule has 0 aliphatic carbocycles. The lowest BCUT2D eigenvalue weighted by Gasteiger charge is -2.04. The summed E-state index contributed by atoms with van der Waals surface area (Å²) >= 11 is 4.23. The lowest BCUT2D eigenvalue weighted by atomic mass is 10.3. The second-order valence-corrected chi connectivity index (χ2v) is 4.96. The summed E-state index contributed by atoms with van der Waals surface area (Å²) < 4.78 is 14.1. The molecule has 0 radical (unpaired) electrons. The summed E-state index contributed by atoms with van der Waals surface area (Å²) in [6, 6.07) is 8.10. The highest BCUT2D eigenvalue weighted by atomic mass is 79.9. The molecule has 1 heterocycles. The Balaban J connectivity index is 2.31. The minimum absolute atomic E-state index is 0.122. The molecular weight excluding hydrogens is 293 g/mol. The summed E-state index contributed by atoms with van der Waals surface area (Å²) in [4.78, 5) is 4.52. The molecule has 1 aromatic heterocycles. The van der Waals surface area contributed by atoms with Gasteiger partial charge in [-0.05, 0) is 34.1 Å². The summed E-state index contributed by atoms with van der Waals surface area (Å²) in [7, 11) is 0. The Hall–Kier alpha value is -1.07. The SMILES string of the molecule is Oc1ccccc1Sc1ncc(Br)cc1F. The van der Waals surface area contributed by atoms with Crippen molar-refractivity contribution in [2.45, 2.75) is 9.92 Å². The van der Waals surface area contributed by atoms with Gasteiger partial charge >= 0.3 is 0 Å². The molecule has 0 fully saturated rings. The van der Waals surface area contributed by atoms with Gasteiger partial charge in [0.05, 0.1) is 4.90 Å². The van der Waals surface area contributed by atoms with Crippen LogP contribution in [0.25, 0.3) is 0 Å². The number of hydrogen-bond donors (Lipinski definition) is 1. The Labute approximate surface area is 105 Å². The van der Waals surface area contributed by atoms with Crippen LogP contribution in [0.3, 0.4) is 0 Å². The normalized spacial score (nSPS) is 10.4. The quantitative estimate of drug-likeness (QED) is 0.914. The fourth-order valence-electron chi connectivity index (χ4n) is 1.12. The highest BCUT2D eigenvalue weighted by molar-refractivity contribution is 9.10. The van der Waals surface area contributed by atoms with E-state index >= 15 is 0 Å². The molecule has 0 unspecified atom stereocenters. The number of pyridine rings is 1. The van der Waals surface area contributed by atoms with E-state index in [1.165, 1.54) is 12.3 Å². The van der Waals surface area contributed by atoms with Gasteiger partial charge in [0.25, 0.3) is 0 Å². The van der Waals surface area contributed by atoms with Crippen LogP contribution in [0.4, 0.5) is 4.39 Å². The fourth-order valence-corrected chi connectivity index (χ4v) is 2.22. The molecule has 1 N–H and O–H groups in total. The molecule has 1 aromatic carbocycles. The van der Waals surface area contributed by atoms with Crippen LogP contribution in [-0.4, -0.2) is 10.1 Å². The van der Waals surface area contributed by atoms with Crippen LogP contribution in [0.5, 0.6) is 5.75 Å². The zero-order valence-corrected chi connectivity index (χ0v) is 10.4. The summed E-state index contributed by atoms with van der Waals surface area (Å²) in [6.07, 6.45) is 1.52. The van der Waals surface area contributed by atoms with Crippen LogP contribution < -0.4 is 0 Å². The van der Waals surface area contributed by atoms with E-state index in [9.17, 15) is 9.50 Å². The van der Waals surface area contributed by atoms with Gasteiger partial charge in [-0.25, -0.2) is 9.37 Å². The molecule has 2 nitrogen and oxygen atoms in total. The summed E-state index contributed by atoms with van der Waals surface area (Å²) in [5.74, 6) is -0.292. The van der Waals surface area contributed by atoms with Gasteiger partial charge in [-0.1, -0.05) is 23.9 Å². The maximum Gasteiger partial charge on any atom is 0.156 e. The van der Waals surface area contributed by atoms with E-state index in [0.29, 0.717) is 9.37 Å². The van der Waals surface area contributed by atoms with E-state index in [4.69, 9.17) is 0 Å². The van der Waals surface area contributed by atoms with Crippen LogP contribution in [-0.2, 0) is 0 Å². The van der Waals surface area contributed by atoms with Crippen molar-refractivity contribution in [2.24, 2.45) is 0 Å². The third-order valence-corrected chi connectivity index (χ3v) is 3.34. The average molecular weight is 300 g/mol. The molecule has 0 saturated carbocycles. The first-order valence-electron chi connectivity index (χ1n) is 4.44. The standard InChI is InChI=1S/C11H7BrFNOS/c12-7-5-8(13)11(14-6-7)16-10-4-2-1-3-9(10)15/h1-6,15H. The number of benzene rings is 1. The van der Waals surface area contributed by atoms with Crippen molar-refractivity contribution in [1.82, 2.24) is 4.98 Å². The number of aromatic nitrogens is 1. The Bertz CT molecular complexity index is 521. The number of para-hydroxylation sites is 1. The summed E-state index contributed by atoms with van der Waals surface area (Å²) in [5.41, 5.74) is 0. The van der Waals surface area contributed by atoms with Crippen LogP contribution in [0, 0.1) is 5.82 Å². The highest BCUT2D eigenvalue weighted by Crippen LogP contribution is 2.34. The fraction of sp³-hybridized carbons (Fsp3) is 0. The number of rotatable bonds is 2. The Morgan fingerprint density at radius 2 is 2.06 bits per heavy atom. The van der Waals surface area contributed by atoms with E-state index < -0.39 is 5.82 Å². The Morgan fingerprint density at radius 3 is 2.75 bits per heavy atom. The van der Waals surface area contributed by atoms with Gasteiger partial charge in [-0.3, -0.25) is 0 Å². The van der Waals surface area contributed by atoms with Crippen LogP contribution in [0.15, 0.2) is 50.9 Å². The van der Waals surface area contributed by atoms with Crippen molar-refractivity contribution < 1.29 is 9.50 Å². The van der Waals surface area contributed by atoms with Gasteiger partial charge < -0.3 is 5.11 Å². The number of nitrogens with zero attached hydrogens (tertiary/aromatic N) is 1. The largest absolute Gasteiger partial charge is 0.507 e. The molecular formula is C11H7BrFNOS. The second kappa shape index (κ2) is 4.84. The molecule has 82 valence electrons. The van der Waals surface area contributed by atoms with Crippen LogP contribution in [0.1, 0.15) is 0 Å². The monoisotopic (exact) mass is 299 g/mol. The topological polar surface area (TPSA) is 33.1 Å². The van der Waals surface area contributed by atoms with Gasteiger partial charge in [0.2, 0.25) is 0 Å². The first kappa shape index (κ1) is 11.4. The van der Waals surface area contributed by atoms with E-state index in [0.717, 1.165) is 11.8 Å². The number of halogens is 2. The smallest absolute Gasteiger partial charge is 0.156 e. The summed E-state index contributed by atoms with van der Waals surface area (Å²) in [6.45, 7) is 0. The molecule has 0 bridgehead atoms. The van der Waals surface area contributed by atoms with Crippen LogP contribution in [0.2, 0.25) is 0 Å². The third-order valence-electron chi connectivity index (χ3n) is 1.85. The highest BCUT2D eigenvalue weighted by Gasteiger charge is 2.08. The first-order valence-corrected chi connectivity index (χ1v) is 6.04. The van der Waals surface area contributed by atoms with E-state index in [2.05, 4.69) is 20.9 Å². The lowest BCUT2D eigenvalue weighted by Crippen LogP contribution is -1.86. The van der Waals surface area contributed by atoms with Crippen LogP contribution >= 0.6 is 27.7 Å². The molecule has 2 rings (SSSR count). The van der Waals surface area contributed by atoms with Gasteiger partial charge in [-0.15, -0.1) is 0 Å². The van der Waals surface area contributed by atoms with Gasteiger partial charge in [-0.2, -0.15) is 0 Å². The molecule has 0 spiro atoms. The van der Waals surface area contributed by atoms with E-state index in [-0.39, 0.29) is 10.8 Å². The van der Waals surface area contributed by atoms with Crippen molar-refractivity contribution >= 4 is 27.7 Å². The summed E-state index contributed by atoms with van der Waals surface area (Å²) in [5, 5.41) is 9.78. The predicted molar refractivity (Wildman–Crippen MR) is 64.1 cm³/mol. The van der Waals surface area contributed by atoms with Crippen molar-refractivity contribution in [3.63, 3.8) is 0 Å². The van der Waals surface area contributed by atoms with Gasteiger partial charge in [0, 0.05) is 10.7 Å². The molecule has 0 atom stereocenters. The van der Waals surface area contributed by atoms with Crippen molar-refractivity contribution in [3.05, 3.63) is 46.8 Å². The number of phenolic OH excluding ortho intramolecular Hbond substituents is 1. The zero-order valence-electron chi connectivity index (χ0n) is 8.02. The molecule has 0 aliphatic rings. The molecule has 0 aliphatic heterocycles. The molecule has 5 heteroatoms. The predicted octanol–water partition coefficient (Wildman–Crippen LogP) is 3.84. The maximum atomic E-state index is 13.5. The molecule has 0 saturated heterocycles. The number of aromatic hydroxyl groups is 1. The van der Waals surface area contributed by atoms with Crippen molar-refractivity contribution in [2.75, 3.05) is 0 Å². The van der Waals surface area contributed by atoms with Crippen molar-refractivity contribution in [3.8, 4) is 5.75 Å². The molecule has 16 heavy (non-hydrogen) atoms. The Morgan fingerprint density at radius 1 is 1.31 bits per heavy atom. The third kappa shape index (κ3) is 2.54. The Kier molecular flexibility index (Phi) is 3.46. The first-order chi connectivity index (χ1) is 7.66. The van der Waals surface area contributed by atoms with Gasteiger partial charge in [0.1, 0.15) is 10.8 Å². The molecule has 2 aromatic rings. The lowest BCUT2D eigenvalue weighted by molar-refractivity contribution is 0.462. The molecule has 0 amide bonds. The van der Waals surface area contributed by atoms with Crippen molar-refractivity contribution in [1.29, 1.82) is 0 Å². The number of hydrogen-bond acceptors (Lipinski definition) is 3. The van der Waals surface area contributed by atoms with Gasteiger partial charge in [0.15, 0.2) is 5.82 Å². The maximum absolute atomic E-state index is 13.5. The van der Waals surface area contributed by atoms with E-state index in [1.807, 2.05) is 0 Å².